The number of hydrogen-bond acceptors (Lipinski definition) is 4. The minimum absolute atomic E-state index is 0.359. The first kappa shape index (κ1) is 14.7. The molecule has 0 saturated carbocycles. The van der Waals surface area contributed by atoms with Gasteiger partial charge in [-0.1, -0.05) is 11.6 Å². The van der Waals surface area contributed by atoms with Crippen molar-refractivity contribution in [3.63, 3.8) is 0 Å². The van der Waals surface area contributed by atoms with Crippen LogP contribution in [0.15, 0.2) is 15.8 Å². The van der Waals surface area contributed by atoms with E-state index in [1.54, 1.807) is 6.21 Å². The number of carbonyl (C=O) groups is 1. The molecule has 17 heavy (non-hydrogen) atoms. The highest BCUT2D eigenvalue weighted by atomic mass is 127. The van der Waals surface area contributed by atoms with Gasteiger partial charge in [0.1, 0.15) is 0 Å². The average Bonchev–Trinajstić information content (AvgIpc) is 2.30. The number of carbonyl (C=O) groups excluding carboxylic acids is 1. The van der Waals surface area contributed by atoms with Crippen molar-refractivity contribution >= 4 is 47.1 Å². The summed E-state index contributed by atoms with van der Waals surface area (Å²) >= 11 is 7.90. The van der Waals surface area contributed by atoms with Crippen LogP contribution in [0.25, 0.3) is 0 Å². The highest BCUT2D eigenvalue weighted by Crippen LogP contribution is 2.17. The van der Waals surface area contributed by atoms with Crippen LogP contribution in [-0.2, 0) is 4.79 Å². The van der Waals surface area contributed by atoms with E-state index in [9.17, 15) is 4.79 Å². The minimum atomic E-state index is 0.359. The summed E-state index contributed by atoms with van der Waals surface area (Å²) in [6.45, 7) is 6.68. The number of hydrazone groups is 1. The maximum atomic E-state index is 10.5. The lowest BCUT2D eigenvalue weighted by atomic mass is 10.2. The van der Waals surface area contributed by atoms with Crippen LogP contribution < -0.4 is 5.32 Å². The van der Waals surface area contributed by atoms with E-state index < -0.39 is 0 Å². The summed E-state index contributed by atoms with van der Waals surface area (Å²) in [5.74, 6) is 0. The van der Waals surface area contributed by atoms with Gasteiger partial charge in [-0.15, -0.1) is 0 Å². The van der Waals surface area contributed by atoms with Crippen LogP contribution in [0.4, 0.5) is 0 Å². The molecule has 0 aromatic heterocycles. The molecule has 0 spiro atoms. The van der Waals surface area contributed by atoms with Crippen molar-refractivity contribution in [2.24, 2.45) is 5.10 Å². The zero-order valence-corrected chi connectivity index (χ0v) is 12.8. The number of hydrogen-bond donors (Lipinski definition) is 1. The van der Waals surface area contributed by atoms with Crippen LogP contribution in [0.3, 0.4) is 0 Å². The number of amides is 1. The van der Waals surface area contributed by atoms with Gasteiger partial charge in [0, 0.05) is 30.7 Å². The molecule has 1 amide bonds. The molecule has 1 fully saturated rings. The molecular formula is C10H16ClIN4O. The van der Waals surface area contributed by atoms with Crippen molar-refractivity contribution in [1.29, 1.82) is 0 Å². The first-order chi connectivity index (χ1) is 8.06. The van der Waals surface area contributed by atoms with Crippen LogP contribution in [0.1, 0.15) is 13.8 Å². The Balaban J connectivity index is 2.83. The van der Waals surface area contributed by atoms with E-state index in [4.69, 9.17) is 11.6 Å². The summed E-state index contributed by atoms with van der Waals surface area (Å²) in [7, 11) is 0. The van der Waals surface area contributed by atoms with Crippen LogP contribution >= 0.6 is 34.5 Å². The molecule has 1 aliphatic rings. The third-order valence-corrected chi connectivity index (χ3v) is 3.21. The lowest BCUT2D eigenvalue weighted by Crippen LogP contribution is -2.49. The Labute approximate surface area is 120 Å². The number of allylic oxidation sites excluding steroid dienone is 2. The summed E-state index contributed by atoms with van der Waals surface area (Å²) in [6.07, 6.45) is 2.27. The van der Waals surface area contributed by atoms with E-state index in [0.717, 1.165) is 25.3 Å². The van der Waals surface area contributed by atoms with E-state index in [2.05, 4.69) is 22.2 Å². The first-order valence-corrected chi connectivity index (χ1v) is 6.68. The highest BCUT2D eigenvalue weighted by Gasteiger charge is 2.20. The number of rotatable bonds is 4. The van der Waals surface area contributed by atoms with Gasteiger partial charge in [0.2, 0.25) is 6.41 Å². The van der Waals surface area contributed by atoms with Gasteiger partial charge < -0.3 is 10.2 Å². The number of piperazine rings is 1. The molecule has 1 saturated heterocycles. The van der Waals surface area contributed by atoms with Gasteiger partial charge in [0.15, 0.2) is 0 Å². The quantitative estimate of drug-likeness (QED) is 0.268. The Morgan fingerprint density at radius 3 is 2.94 bits per heavy atom. The molecule has 0 aromatic carbocycles. The molecule has 1 heterocycles. The fourth-order valence-corrected chi connectivity index (χ4v) is 1.98. The van der Waals surface area contributed by atoms with E-state index >= 15 is 0 Å². The molecule has 1 aliphatic heterocycles. The van der Waals surface area contributed by atoms with Crippen molar-refractivity contribution < 1.29 is 4.79 Å². The second kappa shape index (κ2) is 7.17. The van der Waals surface area contributed by atoms with Crippen LogP contribution in [0.5, 0.6) is 0 Å². The summed E-state index contributed by atoms with van der Waals surface area (Å²) in [5, 5.41) is 7.99. The van der Waals surface area contributed by atoms with Gasteiger partial charge in [0.05, 0.1) is 34.8 Å². The van der Waals surface area contributed by atoms with Gasteiger partial charge in [-0.05, 0) is 13.8 Å². The van der Waals surface area contributed by atoms with E-state index in [1.807, 2.05) is 29.8 Å². The third kappa shape index (κ3) is 4.44. The Morgan fingerprint density at radius 1 is 1.71 bits per heavy atom. The topological polar surface area (TPSA) is 47.9 Å². The molecule has 1 N–H and O–H groups in total. The molecular weight excluding hydrogens is 354 g/mol. The Kier molecular flexibility index (Phi) is 6.21. The van der Waals surface area contributed by atoms with Crippen LogP contribution in [0.2, 0.25) is 0 Å². The molecule has 1 atom stereocenters. The van der Waals surface area contributed by atoms with Gasteiger partial charge in [-0.2, -0.15) is 8.32 Å². The first-order valence-electron chi connectivity index (χ1n) is 5.34. The van der Waals surface area contributed by atoms with Gasteiger partial charge in [0.25, 0.3) is 0 Å². The molecule has 1 unspecified atom stereocenters. The minimum Gasteiger partial charge on any atom is -0.364 e. The number of nitrogens with one attached hydrogen (secondary N) is 1. The zero-order valence-electron chi connectivity index (χ0n) is 9.86. The molecule has 5 nitrogen and oxygen atoms in total. The van der Waals surface area contributed by atoms with E-state index in [1.165, 1.54) is 3.22 Å². The third-order valence-electron chi connectivity index (χ3n) is 2.54. The molecule has 0 aliphatic carbocycles. The number of halogens is 2. The summed E-state index contributed by atoms with van der Waals surface area (Å²) in [4.78, 5) is 12.7. The maximum Gasteiger partial charge on any atom is 0.239 e. The Morgan fingerprint density at radius 2 is 2.41 bits per heavy atom. The normalized spacial score (nSPS) is 22.6. The van der Waals surface area contributed by atoms with E-state index in [-0.39, 0.29) is 0 Å². The predicted octanol–water partition coefficient (Wildman–Crippen LogP) is 1.54. The molecule has 0 bridgehead atoms. The van der Waals surface area contributed by atoms with Crippen molar-refractivity contribution in [1.82, 2.24) is 13.4 Å². The van der Waals surface area contributed by atoms with Crippen LogP contribution in [0, 0.1) is 0 Å². The molecule has 7 heteroatoms. The van der Waals surface area contributed by atoms with Crippen molar-refractivity contribution in [3.05, 3.63) is 10.7 Å². The SMILES string of the molecule is C/C(Cl)=C(\C=N/N(I)C=O)N1CCNCC1C. The fourth-order valence-electron chi connectivity index (χ4n) is 1.70. The lowest BCUT2D eigenvalue weighted by molar-refractivity contribution is -0.112. The maximum absolute atomic E-state index is 10.5. The van der Waals surface area contributed by atoms with Crippen molar-refractivity contribution in [2.75, 3.05) is 19.6 Å². The van der Waals surface area contributed by atoms with Crippen molar-refractivity contribution in [2.45, 2.75) is 19.9 Å². The van der Waals surface area contributed by atoms with Crippen molar-refractivity contribution in [3.8, 4) is 0 Å². The standard InChI is InChI=1S/C10H16ClIN4O/c1-8-5-13-3-4-15(8)10(9(2)11)6-14-16(12)7-17/h6-8,13H,3-5H2,1-2H3/b10-9-,14-6-. The lowest BCUT2D eigenvalue weighted by Gasteiger charge is -2.36. The summed E-state index contributed by atoms with van der Waals surface area (Å²) in [5.41, 5.74) is 0.865. The second-order valence-electron chi connectivity index (χ2n) is 3.80. The van der Waals surface area contributed by atoms with Gasteiger partial charge in [-0.25, -0.2) is 0 Å². The smallest absolute Gasteiger partial charge is 0.239 e. The molecule has 0 aromatic rings. The van der Waals surface area contributed by atoms with E-state index in [0.29, 0.717) is 17.5 Å². The second-order valence-corrected chi connectivity index (χ2v) is 5.36. The van der Waals surface area contributed by atoms with Gasteiger partial charge in [-0.3, -0.25) is 4.79 Å². The summed E-state index contributed by atoms with van der Waals surface area (Å²) < 4.78 is 1.18. The molecule has 1 rings (SSSR count). The molecule has 0 radical (unpaired) electrons. The monoisotopic (exact) mass is 370 g/mol. The molecule has 96 valence electrons. The Hall–Kier alpha value is -0.340. The predicted molar refractivity (Wildman–Crippen MR) is 78.0 cm³/mol. The largest absolute Gasteiger partial charge is 0.364 e. The average molecular weight is 371 g/mol. The zero-order chi connectivity index (χ0) is 12.8. The van der Waals surface area contributed by atoms with Crippen LogP contribution in [-0.4, -0.2) is 46.4 Å². The Bertz CT molecular complexity index is 330. The fraction of sp³-hybridized carbons (Fsp3) is 0.600. The highest BCUT2D eigenvalue weighted by molar-refractivity contribution is 14.1. The van der Waals surface area contributed by atoms with Gasteiger partial charge >= 0.3 is 0 Å². The number of nitrogens with zero attached hydrogens (tertiary/aromatic N) is 3. The summed E-state index contributed by atoms with van der Waals surface area (Å²) in [6, 6.07) is 0.359.